The van der Waals surface area contributed by atoms with Gasteiger partial charge in [-0.2, -0.15) is 0 Å². The average molecular weight is 643 g/mol. The highest BCUT2D eigenvalue weighted by Gasteiger charge is 2.33. The molecule has 0 unspecified atom stereocenters. The van der Waals surface area contributed by atoms with Gasteiger partial charge in [0.05, 0.1) is 12.8 Å². The molecule has 5 N–H and O–H groups in total. The van der Waals surface area contributed by atoms with Gasteiger partial charge in [0.1, 0.15) is 22.4 Å². The summed E-state index contributed by atoms with van der Waals surface area (Å²) in [5.74, 6) is 3.91. The summed E-state index contributed by atoms with van der Waals surface area (Å²) in [6, 6.07) is 21.8. The number of nitrogens with zero attached hydrogens (tertiary/aromatic N) is 3. The zero-order valence-electron chi connectivity index (χ0n) is 25.1. The molecular weight excluding hydrogens is 608 g/mol. The number of ether oxygens (including phenoxy) is 1. The second-order valence-electron chi connectivity index (χ2n) is 11.0. The minimum atomic E-state index is -1.15. The van der Waals surface area contributed by atoms with Crippen LogP contribution in [0, 0.1) is 11.8 Å². The molecule has 0 saturated heterocycles. The molecule has 0 aliphatic heterocycles. The van der Waals surface area contributed by atoms with E-state index in [0.29, 0.717) is 58.9 Å². The van der Waals surface area contributed by atoms with E-state index in [1.54, 1.807) is 55.6 Å². The third kappa shape index (κ3) is 7.73. The topological polar surface area (TPSA) is 177 Å². The van der Waals surface area contributed by atoms with Crippen molar-refractivity contribution in [3.8, 4) is 17.0 Å². The lowest BCUT2D eigenvalue weighted by atomic mass is 9.81. The van der Waals surface area contributed by atoms with Crippen molar-refractivity contribution in [2.24, 2.45) is 17.7 Å². The molecule has 1 atom stereocenters. The van der Waals surface area contributed by atoms with Crippen molar-refractivity contribution in [3.63, 3.8) is 0 Å². The van der Waals surface area contributed by atoms with Crippen molar-refractivity contribution in [1.82, 2.24) is 14.9 Å². The Morgan fingerprint density at radius 2 is 1.61 bits per heavy atom. The van der Waals surface area contributed by atoms with E-state index >= 15 is 0 Å². The van der Waals surface area contributed by atoms with Crippen molar-refractivity contribution in [2.45, 2.75) is 38.1 Å². The van der Waals surface area contributed by atoms with E-state index in [1.807, 2.05) is 30.3 Å². The Labute approximate surface area is 269 Å². The number of nitrogens with two attached hydrogens (primary N) is 1. The maximum Gasteiger partial charge on any atom is 0.326 e. The molecule has 3 amide bonds. The van der Waals surface area contributed by atoms with Crippen LogP contribution in [0.15, 0.2) is 78.9 Å². The van der Waals surface area contributed by atoms with E-state index < -0.39 is 17.9 Å². The molecule has 1 aromatic heterocycles. The van der Waals surface area contributed by atoms with Gasteiger partial charge in [-0.25, -0.2) is 15.6 Å². The monoisotopic (exact) mass is 642 g/mol. The molecule has 46 heavy (non-hydrogen) atoms. The van der Waals surface area contributed by atoms with Crippen LogP contribution < -0.4 is 26.2 Å². The van der Waals surface area contributed by atoms with Crippen LogP contribution in [0.5, 0.6) is 5.75 Å². The molecule has 0 spiro atoms. The summed E-state index contributed by atoms with van der Waals surface area (Å²) in [6.07, 6.45) is 1.89. The molecule has 1 aliphatic carbocycles. The van der Waals surface area contributed by atoms with Crippen molar-refractivity contribution >= 4 is 46.6 Å². The second kappa shape index (κ2) is 14.8. The van der Waals surface area contributed by atoms with Crippen molar-refractivity contribution in [3.05, 3.63) is 89.3 Å². The van der Waals surface area contributed by atoms with Crippen molar-refractivity contribution < 1.29 is 29.0 Å². The molecule has 3 aromatic carbocycles. The van der Waals surface area contributed by atoms with Gasteiger partial charge in [0.2, 0.25) is 11.8 Å². The van der Waals surface area contributed by atoms with Crippen LogP contribution in [0.1, 0.15) is 40.9 Å². The van der Waals surface area contributed by atoms with Gasteiger partial charge in [0.15, 0.2) is 0 Å². The standard InChI is InChI=1S/C33H34N6O6S/c1-45-26-17-15-25(16-18-26)39(34)32(42)23-11-9-22(10-12-23)30(40)36-27(33(43)44)19-20-7-13-24(14-8-20)35-31(41)29-28(37-38-46-29)21-5-3-2-4-6-21/h2-8,13-18,22-23,27H,9-12,19,34H2,1H3,(H,35,41)(H,36,40)(H,43,44)/t22?,23?,27-/m0/s1. The number of amides is 3. The second-order valence-corrected chi connectivity index (χ2v) is 11.8. The molecule has 0 bridgehead atoms. The largest absolute Gasteiger partial charge is 0.497 e. The Balaban J connectivity index is 1.12. The van der Waals surface area contributed by atoms with E-state index in [4.69, 9.17) is 10.6 Å². The van der Waals surface area contributed by atoms with Crippen molar-refractivity contribution in [2.75, 3.05) is 17.4 Å². The Morgan fingerprint density at radius 1 is 0.957 bits per heavy atom. The van der Waals surface area contributed by atoms with E-state index in [2.05, 4.69) is 20.2 Å². The SMILES string of the molecule is COc1ccc(N(N)C(=O)C2CCC(C(=O)N[C@@H](Cc3ccc(NC(=O)c4snnc4-c4ccccc4)cc3)C(=O)O)CC2)cc1. The number of hydrazine groups is 1. The Morgan fingerprint density at radius 3 is 2.24 bits per heavy atom. The molecule has 1 saturated carbocycles. The number of rotatable bonds is 11. The lowest BCUT2D eigenvalue weighted by Crippen LogP contribution is -2.47. The number of hydrogen-bond acceptors (Lipinski definition) is 9. The summed E-state index contributed by atoms with van der Waals surface area (Å²) in [5, 5.41) is 20.6. The summed E-state index contributed by atoms with van der Waals surface area (Å²) < 4.78 is 9.07. The molecule has 1 fully saturated rings. The molecular formula is C33H34N6O6S. The van der Waals surface area contributed by atoms with Gasteiger partial charge in [0.25, 0.3) is 5.91 Å². The highest BCUT2D eigenvalue weighted by Crippen LogP contribution is 2.31. The third-order valence-corrected chi connectivity index (χ3v) is 8.77. The van der Waals surface area contributed by atoms with Crippen LogP contribution in [-0.4, -0.2) is 51.5 Å². The summed E-state index contributed by atoms with van der Waals surface area (Å²) in [5.41, 5.74) is 3.01. The number of nitrogens with one attached hydrogen (secondary N) is 2. The molecule has 4 aromatic rings. The number of hydrogen-bond donors (Lipinski definition) is 4. The van der Waals surface area contributed by atoms with Gasteiger partial charge >= 0.3 is 5.97 Å². The minimum absolute atomic E-state index is 0.0596. The molecule has 13 heteroatoms. The number of benzene rings is 3. The number of aliphatic carboxylic acids is 1. The molecule has 238 valence electrons. The Hall–Kier alpha value is -5.14. The number of methoxy groups -OCH3 is 1. The van der Waals surface area contributed by atoms with Gasteiger partial charge in [0, 0.05) is 29.5 Å². The summed E-state index contributed by atoms with van der Waals surface area (Å²) in [4.78, 5) is 51.4. The lowest BCUT2D eigenvalue weighted by Gasteiger charge is -2.30. The molecule has 5 rings (SSSR count). The van der Waals surface area contributed by atoms with Crippen LogP contribution >= 0.6 is 11.5 Å². The lowest BCUT2D eigenvalue weighted by molar-refractivity contribution is -0.142. The zero-order chi connectivity index (χ0) is 32.6. The molecule has 1 aliphatic rings. The normalized spacial score (nSPS) is 16.6. The van der Waals surface area contributed by atoms with Crippen LogP contribution in [-0.2, 0) is 20.8 Å². The summed E-state index contributed by atoms with van der Waals surface area (Å²) in [6.45, 7) is 0. The maximum atomic E-state index is 13.1. The quantitative estimate of drug-likeness (QED) is 0.106. The van der Waals surface area contributed by atoms with Gasteiger partial charge in [-0.3, -0.25) is 14.4 Å². The number of carboxylic acids is 1. The molecule has 0 radical (unpaired) electrons. The van der Waals surface area contributed by atoms with E-state index in [9.17, 15) is 24.3 Å². The van der Waals surface area contributed by atoms with Crippen molar-refractivity contribution in [1.29, 1.82) is 0 Å². The minimum Gasteiger partial charge on any atom is -0.497 e. The summed E-state index contributed by atoms with van der Waals surface area (Å²) >= 11 is 1.000. The van der Waals surface area contributed by atoms with Gasteiger partial charge in [-0.15, -0.1) is 5.10 Å². The average Bonchev–Trinajstić information content (AvgIpc) is 3.59. The van der Waals surface area contributed by atoms with Crippen LogP contribution in [0.4, 0.5) is 11.4 Å². The fraction of sp³-hybridized carbons (Fsp3) is 0.273. The molecule has 1 heterocycles. The smallest absolute Gasteiger partial charge is 0.326 e. The third-order valence-electron chi connectivity index (χ3n) is 8.04. The van der Waals surface area contributed by atoms with Crippen LogP contribution in [0.25, 0.3) is 11.3 Å². The van der Waals surface area contributed by atoms with E-state index in [-0.39, 0.29) is 30.1 Å². The van der Waals surface area contributed by atoms with Gasteiger partial charge in [-0.1, -0.05) is 47.0 Å². The molecule has 12 nitrogen and oxygen atoms in total. The first-order valence-electron chi connectivity index (χ1n) is 14.8. The Bertz CT molecular complexity index is 1670. The number of carboxylic acid groups (broad SMARTS) is 1. The predicted molar refractivity (Wildman–Crippen MR) is 173 cm³/mol. The van der Waals surface area contributed by atoms with Gasteiger partial charge in [-0.05, 0) is 79.2 Å². The number of carbonyl (C=O) groups is 4. The fourth-order valence-electron chi connectivity index (χ4n) is 5.43. The zero-order valence-corrected chi connectivity index (χ0v) is 25.9. The van der Waals surface area contributed by atoms with Gasteiger partial charge < -0.3 is 20.5 Å². The Kier molecular flexibility index (Phi) is 10.4. The number of aromatic nitrogens is 2. The predicted octanol–water partition coefficient (Wildman–Crippen LogP) is 4.29. The maximum absolute atomic E-state index is 13.1. The highest BCUT2D eigenvalue weighted by atomic mass is 32.1. The van der Waals surface area contributed by atoms with E-state index in [1.165, 1.54) is 0 Å². The first-order valence-corrected chi connectivity index (χ1v) is 15.5. The van der Waals surface area contributed by atoms with Crippen LogP contribution in [0.3, 0.4) is 0 Å². The van der Waals surface area contributed by atoms with E-state index in [0.717, 1.165) is 22.1 Å². The number of carbonyl (C=O) groups excluding carboxylic acids is 3. The summed E-state index contributed by atoms with van der Waals surface area (Å²) in [7, 11) is 1.55. The first kappa shape index (κ1) is 32.3. The fourth-order valence-corrected chi connectivity index (χ4v) is 6.01. The number of anilines is 2. The first-order chi connectivity index (χ1) is 22.2. The van der Waals surface area contributed by atoms with Crippen LogP contribution in [0.2, 0.25) is 0 Å². The highest BCUT2D eigenvalue weighted by molar-refractivity contribution is 7.08.